The van der Waals surface area contributed by atoms with Crippen LogP contribution in [0.4, 0.5) is 17.8 Å². The minimum atomic E-state index is 0.272. The highest BCUT2D eigenvalue weighted by molar-refractivity contribution is 5.43. The van der Waals surface area contributed by atoms with Gasteiger partial charge in [0, 0.05) is 33.3 Å². The molecule has 21 heavy (non-hydrogen) atoms. The van der Waals surface area contributed by atoms with Gasteiger partial charge in [-0.2, -0.15) is 15.0 Å². The van der Waals surface area contributed by atoms with E-state index < -0.39 is 0 Å². The Hall–Kier alpha value is -1.63. The number of rotatable bonds is 6. The SMILES string of the molecule is CCN(CC)c1nc(N)nc(N(C)CC2CCCOC2)n1. The first kappa shape index (κ1) is 15.8. The van der Waals surface area contributed by atoms with Crippen molar-refractivity contribution < 1.29 is 4.74 Å². The van der Waals surface area contributed by atoms with Crippen molar-refractivity contribution in [3.05, 3.63) is 0 Å². The summed E-state index contributed by atoms with van der Waals surface area (Å²) in [6.07, 6.45) is 2.32. The monoisotopic (exact) mass is 294 g/mol. The third kappa shape index (κ3) is 4.17. The van der Waals surface area contributed by atoms with Crippen LogP contribution in [0.3, 0.4) is 0 Å². The molecule has 0 aliphatic carbocycles. The lowest BCUT2D eigenvalue weighted by Gasteiger charge is -2.27. The van der Waals surface area contributed by atoms with E-state index in [1.165, 1.54) is 6.42 Å². The zero-order chi connectivity index (χ0) is 15.2. The van der Waals surface area contributed by atoms with Crippen LogP contribution in [0.25, 0.3) is 0 Å². The Kier molecular flexibility index (Phi) is 5.55. The molecule has 0 radical (unpaired) electrons. The van der Waals surface area contributed by atoms with E-state index in [0.29, 0.717) is 17.8 Å². The van der Waals surface area contributed by atoms with Crippen molar-refractivity contribution in [1.29, 1.82) is 0 Å². The highest BCUT2D eigenvalue weighted by Crippen LogP contribution is 2.19. The number of aromatic nitrogens is 3. The number of nitrogen functional groups attached to an aromatic ring is 1. The lowest BCUT2D eigenvalue weighted by atomic mass is 10.0. The third-order valence-electron chi connectivity index (χ3n) is 3.80. The molecule has 1 saturated heterocycles. The van der Waals surface area contributed by atoms with Gasteiger partial charge in [0.1, 0.15) is 0 Å². The predicted molar refractivity (Wildman–Crippen MR) is 84.6 cm³/mol. The van der Waals surface area contributed by atoms with E-state index in [9.17, 15) is 0 Å². The van der Waals surface area contributed by atoms with Gasteiger partial charge < -0.3 is 20.3 Å². The lowest BCUT2D eigenvalue weighted by Crippen LogP contribution is -2.33. The molecule has 7 nitrogen and oxygen atoms in total. The maximum atomic E-state index is 5.84. The molecule has 0 aromatic carbocycles. The molecule has 1 aromatic rings. The Morgan fingerprint density at radius 1 is 1.19 bits per heavy atom. The minimum absolute atomic E-state index is 0.272. The molecule has 2 heterocycles. The molecule has 1 unspecified atom stereocenters. The van der Waals surface area contributed by atoms with E-state index in [2.05, 4.69) is 33.7 Å². The molecular weight excluding hydrogens is 268 g/mol. The maximum Gasteiger partial charge on any atom is 0.231 e. The molecule has 1 aliphatic rings. The third-order valence-corrected chi connectivity index (χ3v) is 3.80. The average molecular weight is 294 g/mol. The molecule has 0 saturated carbocycles. The predicted octanol–water partition coefficient (Wildman–Crippen LogP) is 1.16. The van der Waals surface area contributed by atoms with Crippen LogP contribution in [0.1, 0.15) is 26.7 Å². The van der Waals surface area contributed by atoms with Crippen LogP contribution in [0, 0.1) is 5.92 Å². The standard InChI is InChI=1S/C14H26N6O/c1-4-20(5-2)14-17-12(15)16-13(18-14)19(3)9-11-7-6-8-21-10-11/h11H,4-10H2,1-3H3,(H2,15,16,17,18). The van der Waals surface area contributed by atoms with Crippen molar-refractivity contribution in [1.82, 2.24) is 15.0 Å². The average Bonchev–Trinajstić information content (AvgIpc) is 2.49. The normalized spacial score (nSPS) is 18.5. The maximum absolute atomic E-state index is 5.84. The van der Waals surface area contributed by atoms with Gasteiger partial charge in [-0.25, -0.2) is 0 Å². The van der Waals surface area contributed by atoms with Gasteiger partial charge in [0.15, 0.2) is 0 Å². The van der Waals surface area contributed by atoms with Gasteiger partial charge in [-0.3, -0.25) is 0 Å². The summed E-state index contributed by atoms with van der Waals surface area (Å²) < 4.78 is 5.53. The lowest BCUT2D eigenvalue weighted by molar-refractivity contribution is 0.0575. The summed E-state index contributed by atoms with van der Waals surface area (Å²) >= 11 is 0. The fourth-order valence-electron chi connectivity index (χ4n) is 2.61. The number of anilines is 3. The summed E-state index contributed by atoms with van der Waals surface area (Å²) in [5.41, 5.74) is 5.84. The zero-order valence-corrected chi connectivity index (χ0v) is 13.2. The van der Waals surface area contributed by atoms with Gasteiger partial charge in [0.25, 0.3) is 0 Å². The quantitative estimate of drug-likeness (QED) is 0.843. The molecule has 1 aliphatic heterocycles. The molecule has 0 bridgehead atoms. The summed E-state index contributed by atoms with van der Waals surface area (Å²) in [7, 11) is 2.00. The van der Waals surface area contributed by atoms with Crippen molar-refractivity contribution in [2.45, 2.75) is 26.7 Å². The Balaban J connectivity index is 2.10. The highest BCUT2D eigenvalue weighted by Gasteiger charge is 2.19. The topological polar surface area (TPSA) is 80.4 Å². The van der Waals surface area contributed by atoms with E-state index in [1.807, 2.05) is 11.9 Å². The Labute approximate surface area is 126 Å². The zero-order valence-electron chi connectivity index (χ0n) is 13.2. The molecule has 1 aromatic heterocycles. The molecule has 1 fully saturated rings. The highest BCUT2D eigenvalue weighted by atomic mass is 16.5. The van der Waals surface area contributed by atoms with Crippen LogP contribution in [-0.2, 0) is 4.74 Å². The summed E-state index contributed by atoms with van der Waals surface area (Å²) in [5, 5.41) is 0. The van der Waals surface area contributed by atoms with Gasteiger partial charge in [-0.1, -0.05) is 0 Å². The van der Waals surface area contributed by atoms with Crippen molar-refractivity contribution in [3.63, 3.8) is 0 Å². The van der Waals surface area contributed by atoms with E-state index in [4.69, 9.17) is 10.5 Å². The second kappa shape index (κ2) is 7.40. The molecule has 118 valence electrons. The number of nitrogens with zero attached hydrogens (tertiary/aromatic N) is 5. The van der Waals surface area contributed by atoms with E-state index in [0.717, 1.165) is 39.3 Å². The molecule has 0 spiro atoms. The second-order valence-electron chi connectivity index (χ2n) is 5.43. The summed E-state index contributed by atoms with van der Waals surface area (Å²) in [5.74, 6) is 2.08. The van der Waals surface area contributed by atoms with Gasteiger partial charge in [0.05, 0.1) is 6.61 Å². The van der Waals surface area contributed by atoms with Gasteiger partial charge in [-0.15, -0.1) is 0 Å². The van der Waals surface area contributed by atoms with Crippen LogP contribution in [0.2, 0.25) is 0 Å². The van der Waals surface area contributed by atoms with Gasteiger partial charge >= 0.3 is 0 Å². The molecule has 2 N–H and O–H groups in total. The van der Waals surface area contributed by atoms with Crippen molar-refractivity contribution >= 4 is 17.8 Å². The van der Waals surface area contributed by atoms with Crippen LogP contribution in [0.5, 0.6) is 0 Å². The molecule has 1 atom stereocenters. The first-order chi connectivity index (χ1) is 10.1. The second-order valence-corrected chi connectivity index (χ2v) is 5.43. The Bertz CT molecular complexity index is 445. The molecule has 0 amide bonds. The first-order valence-corrected chi connectivity index (χ1v) is 7.69. The summed E-state index contributed by atoms with van der Waals surface area (Å²) in [6.45, 7) is 8.41. The van der Waals surface area contributed by atoms with Crippen LogP contribution >= 0.6 is 0 Å². The van der Waals surface area contributed by atoms with Crippen LogP contribution in [0.15, 0.2) is 0 Å². The molecule has 7 heteroatoms. The number of hydrogen-bond donors (Lipinski definition) is 1. The van der Waals surface area contributed by atoms with Crippen LogP contribution in [-0.4, -0.2) is 54.8 Å². The van der Waals surface area contributed by atoms with E-state index in [1.54, 1.807) is 0 Å². The van der Waals surface area contributed by atoms with Crippen LogP contribution < -0.4 is 15.5 Å². The van der Waals surface area contributed by atoms with E-state index in [-0.39, 0.29) is 5.95 Å². The Morgan fingerprint density at radius 3 is 2.52 bits per heavy atom. The van der Waals surface area contributed by atoms with Crippen molar-refractivity contribution in [3.8, 4) is 0 Å². The number of hydrogen-bond acceptors (Lipinski definition) is 7. The van der Waals surface area contributed by atoms with Gasteiger partial charge in [-0.05, 0) is 32.6 Å². The Morgan fingerprint density at radius 2 is 1.90 bits per heavy atom. The fourth-order valence-corrected chi connectivity index (χ4v) is 2.61. The summed E-state index contributed by atoms with van der Waals surface area (Å²) in [4.78, 5) is 17.2. The number of ether oxygens (including phenoxy) is 1. The smallest absolute Gasteiger partial charge is 0.231 e. The van der Waals surface area contributed by atoms with Crippen molar-refractivity contribution in [2.24, 2.45) is 5.92 Å². The first-order valence-electron chi connectivity index (χ1n) is 7.69. The minimum Gasteiger partial charge on any atom is -0.381 e. The molecule has 2 rings (SSSR count). The molecular formula is C14H26N6O. The fraction of sp³-hybridized carbons (Fsp3) is 0.786. The van der Waals surface area contributed by atoms with Crippen molar-refractivity contribution in [2.75, 3.05) is 55.4 Å². The largest absolute Gasteiger partial charge is 0.381 e. The van der Waals surface area contributed by atoms with Gasteiger partial charge in [0.2, 0.25) is 17.8 Å². The summed E-state index contributed by atoms with van der Waals surface area (Å²) in [6, 6.07) is 0. The number of nitrogens with two attached hydrogens (primary N) is 1. The van der Waals surface area contributed by atoms with E-state index >= 15 is 0 Å².